The minimum Gasteiger partial charge on any atom is -0.480 e. The van der Waals surface area contributed by atoms with Crippen LogP contribution >= 0.6 is 11.8 Å². The molecule has 0 atom stereocenters. The van der Waals surface area contributed by atoms with Gasteiger partial charge in [0.05, 0.1) is 0 Å². The van der Waals surface area contributed by atoms with E-state index in [2.05, 4.69) is 0 Å². The van der Waals surface area contributed by atoms with Crippen molar-refractivity contribution in [3.05, 3.63) is 30.3 Å². The van der Waals surface area contributed by atoms with Crippen LogP contribution in [0.4, 0.5) is 0 Å². The zero-order valence-corrected chi connectivity index (χ0v) is 11.4. The van der Waals surface area contributed by atoms with Gasteiger partial charge in [0, 0.05) is 23.1 Å². The molecule has 1 aliphatic rings. The molecule has 1 aromatic rings. The summed E-state index contributed by atoms with van der Waals surface area (Å²) in [4.78, 5) is 25.4. The molecule has 0 saturated heterocycles. The number of carboxylic acids is 1. The third-order valence-corrected chi connectivity index (χ3v) is 3.96. The topological polar surface area (TPSA) is 57.6 Å². The normalized spacial score (nSPS) is 14.1. The van der Waals surface area contributed by atoms with Crippen LogP contribution in [0.3, 0.4) is 0 Å². The van der Waals surface area contributed by atoms with E-state index in [0.29, 0.717) is 12.2 Å². The molecule has 2 rings (SSSR count). The molecule has 1 aliphatic carbocycles. The molecule has 1 aromatic carbocycles. The van der Waals surface area contributed by atoms with Crippen LogP contribution in [-0.2, 0) is 9.59 Å². The number of aliphatic carboxylic acids is 1. The Morgan fingerprint density at radius 1 is 1.26 bits per heavy atom. The maximum atomic E-state index is 12.0. The Morgan fingerprint density at radius 3 is 2.53 bits per heavy atom. The van der Waals surface area contributed by atoms with E-state index < -0.39 is 5.97 Å². The van der Waals surface area contributed by atoms with E-state index in [-0.39, 0.29) is 18.5 Å². The van der Waals surface area contributed by atoms with Crippen LogP contribution in [0.1, 0.15) is 19.3 Å². The van der Waals surface area contributed by atoms with Gasteiger partial charge in [-0.25, -0.2) is 0 Å². The van der Waals surface area contributed by atoms with Crippen molar-refractivity contribution in [2.45, 2.75) is 30.2 Å². The summed E-state index contributed by atoms with van der Waals surface area (Å²) in [6.45, 7) is -0.167. The van der Waals surface area contributed by atoms with Crippen molar-refractivity contribution in [2.75, 3.05) is 12.3 Å². The van der Waals surface area contributed by atoms with Gasteiger partial charge in [0.15, 0.2) is 0 Å². The molecule has 1 N–H and O–H groups in total. The van der Waals surface area contributed by atoms with Gasteiger partial charge >= 0.3 is 5.97 Å². The third kappa shape index (κ3) is 4.59. The summed E-state index contributed by atoms with van der Waals surface area (Å²) >= 11 is 1.62. The molecule has 102 valence electrons. The first kappa shape index (κ1) is 13.9. The third-order valence-electron chi connectivity index (χ3n) is 2.94. The number of amides is 1. The lowest BCUT2D eigenvalue weighted by Crippen LogP contribution is -2.37. The van der Waals surface area contributed by atoms with Crippen molar-refractivity contribution >= 4 is 23.6 Å². The fourth-order valence-corrected chi connectivity index (χ4v) is 2.73. The molecule has 4 nitrogen and oxygen atoms in total. The highest BCUT2D eigenvalue weighted by atomic mass is 32.2. The van der Waals surface area contributed by atoms with Gasteiger partial charge in [0.1, 0.15) is 6.54 Å². The summed E-state index contributed by atoms with van der Waals surface area (Å²) in [5.74, 6) is -0.296. The molecular weight excluding hydrogens is 262 g/mol. The quantitative estimate of drug-likeness (QED) is 0.778. The number of nitrogens with zero attached hydrogens (tertiary/aromatic N) is 1. The Bertz CT molecular complexity index is 445. The molecule has 0 heterocycles. The Hall–Kier alpha value is -1.49. The van der Waals surface area contributed by atoms with Crippen molar-refractivity contribution < 1.29 is 14.7 Å². The van der Waals surface area contributed by atoms with Gasteiger partial charge in [-0.15, -0.1) is 11.8 Å². The van der Waals surface area contributed by atoms with Crippen molar-refractivity contribution in [1.82, 2.24) is 4.90 Å². The highest BCUT2D eigenvalue weighted by molar-refractivity contribution is 7.99. The number of hydrogen-bond acceptors (Lipinski definition) is 3. The number of benzene rings is 1. The summed E-state index contributed by atoms with van der Waals surface area (Å²) in [7, 11) is 0. The van der Waals surface area contributed by atoms with Gasteiger partial charge in [-0.1, -0.05) is 18.2 Å². The Labute approximate surface area is 116 Å². The predicted molar refractivity (Wildman–Crippen MR) is 74.2 cm³/mol. The standard InChI is InChI=1S/C14H17NO3S/c16-13(15(10-14(17)18)11-6-7-11)8-9-19-12-4-2-1-3-5-12/h1-5,11H,6-10H2,(H,17,18). The second-order valence-electron chi connectivity index (χ2n) is 4.56. The van der Waals surface area contributed by atoms with E-state index in [1.807, 2.05) is 30.3 Å². The molecule has 1 fully saturated rings. The van der Waals surface area contributed by atoms with Crippen LogP contribution in [0.15, 0.2) is 35.2 Å². The number of rotatable bonds is 7. The van der Waals surface area contributed by atoms with E-state index in [0.717, 1.165) is 17.7 Å². The Kier molecular flexibility index (Phi) is 4.85. The van der Waals surface area contributed by atoms with Gasteiger partial charge in [-0.3, -0.25) is 9.59 Å². The molecule has 1 amide bonds. The summed E-state index contributed by atoms with van der Waals surface area (Å²) in [5.41, 5.74) is 0. The molecule has 0 unspecified atom stereocenters. The van der Waals surface area contributed by atoms with Crippen molar-refractivity contribution in [3.8, 4) is 0 Å². The number of carbonyl (C=O) groups is 2. The largest absolute Gasteiger partial charge is 0.480 e. The van der Waals surface area contributed by atoms with E-state index >= 15 is 0 Å². The maximum absolute atomic E-state index is 12.0. The first-order valence-electron chi connectivity index (χ1n) is 6.36. The Balaban J connectivity index is 1.77. The summed E-state index contributed by atoms with van der Waals surface area (Å²) < 4.78 is 0. The summed E-state index contributed by atoms with van der Waals surface area (Å²) in [5, 5.41) is 8.81. The van der Waals surface area contributed by atoms with Crippen LogP contribution in [0.25, 0.3) is 0 Å². The monoisotopic (exact) mass is 279 g/mol. The van der Waals surface area contributed by atoms with Crippen LogP contribution in [-0.4, -0.2) is 40.2 Å². The zero-order chi connectivity index (χ0) is 13.7. The van der Waals surface area contributed by atoms with Crippen molar-refractivity contribution in [1.29, 1.82) is 0 Å². The fourth-order valence-electron chi connectivity index (χ4n) is 1.87. The molecule has 0 aliphatic heterocycles. The lowest BCUT2D eigenvalue weighted by Gasteiger charge is -2.20. The van der Waals surface area contributed by atoms with Gasteiger partial charge < -0.3 is 10.0 Å². The first-order chi connectivity index (χ1) is 9.16. The van der Waals surface area contributed by atoms with Crippen molar-refractivity contribution in [3.63, 3.8) is 0 Å². The second-order valence-corrected chi connectivity index (χ2v) is 5.73. The molecule has 5 heteroatoms. The minimum absolute atomic E-state index is 0.0478. The number of carboxylic acid groups (broad SMARTS) is 1. The average Bonchev–Trinajstić information content (AvgIpc) is 3.21. The maximum Gasteiger partial charge on any atom is 0.323 e. The molecular formula is C14H17NO3S. The van der Waals surface area contributed by atoms with Gasteiger partial charge in [0.2, 0.25) is 5.91 Å². The smallest absolute Gasteiger partial charge is 0.323 e. The van der Waals surface area contributed by atoms with Crippen molar-refractivity contribution in [2.24, 2.45) is 0 Å². The predicted octanol–water partition coefficient (Wildman–Crippen LogP) is 2.24. The van der Waals surface area contributed by atoms with Gasteiger partial charge in [0.25, 0.3) is 0 Å². The molecule has 0 radical (unpaired) electrons. The van der Waals surface area contributed by atoms with Crippen LogP contribution in [0.5, 0.6) is 0 Å². The first-order valence-corrected chi connectivity index (χ1v) is 7.34. The molecule has 0 aromatic heterocycles. The van der Waals surface area contributed by atoms with Crippen LogP contribution in [0, 0.1) is 0 Å². The molecule has 1 saturated carbocycles. The number of carbonyl (C=O) groups excluding carboxylic acids is 1. The summed E-state index contributed by atoms with van der Waals surface area (Å²) in [6, 6.07) is 10.0. The summed E-state index contributed by atoms with van der Waals surface area (Å²) in [6.07, 6.45) is 2.26. The fraction of sp³-hybridized carbons (Fsp3) is 0.429. The minimum atomic E-state index is -0.934. The Morgan fingerprint density at radius 2 is 1.95 bits per heavy atom. The van der Waals surface area contributed by atoms with E-state index in [9.17, 15) is 9.59 Å². The van der Waals surface area contributed by atoms with E-state index in [4.69, 9.17) is 5.11 Å². The lowest BCUT2D eigenvalue weighted by atomic mass is 10.3. The molecule has 0 spiro atoms. The number of hydrogen-bond donors (Lipinski definition) is 1. The number of thioether (sulfide) groups is 1. The average molecular weight is 279 g/mol. The highest BCUT2D eigenvalue weighted by Crippen LogP contribution is 2.27. The van der Waals surface area contributed by atoms with E-state index in [1.165, 1.54) is 4.90 Å². The van der Waals surface area contributed by atoms with Gasteiger partial charge in [-0.05, 0) is 25.0 Å². The SMILES string of the molecule is O=C(O)CN(C(=O)CCSc1ccccc1)C1CC1. The molecule has 19 heavy (non-hydrogen) atoms. The zero-order valence-electron chi connectivity index (χ0n) is 10.6. The second kappa shape index (κ2) is 6.61. The van der Waals surface area contributed by atoms with Gasteiger partial charge in [-0.2, -0.15) is 0 Å². The molecule has 0 bridgehead atoms. The van der Waals surface area contributed by atoms with E-state index in [1.54, 1.807) is 11.8 Å². The van der Waals surface area contributed by atoms with Crippen LogP contribution < -0.4 is 0 Å². The lowest BCUT2D eigenvalue weighted by molar-refractivity contribution is -0.144. The van der Waals surface area contributed by atoms with Crippen LogP contribution in [0.2, 0.25) is 0 Å². The highest BCUT2D eigenvalue weighted by Gasteiger charge is 2.33.